The molecule has 4 fully saturated rings. The number of amides is 3. The Balaban J connectivity index is 1.48. The van der Waals surface area contributed by atoms with Gasteiger partial charge in [-0.2, -0.15) is 0 Å². The highest BCUT2D eigenvalue weighted by Gasteiger charge is 2.81. The third-order valence-corrected chi connectivity index (χ3v) is 13.8. The zero-order chi connectivity index (χ0) is 31.2. The number of nitrogens with zero attached hydrogens (tertiary/aromatic N) is 2. The number of β-lactam (4-membered cyclic amide) rings is 2. The SMILES string of the molecule is CC1(C)S[C@H]2N(C(=O)[C@@]2(COC(=O)[C@H]2C(C)(C)S(=O)(=O)[C@@H]3CC(=O)[N+]32CN)NC(=O)C(N)c2ccccc2)[C@H]1C(=O)[O-]. The summed E-state index contributed by atoms with van der Waals surface area (Å²) in [5, 5.41) is 12.4. The van der Waals surface area contributed by atoms with Crippen molar-refractivity contribution in [2.24, 2.45) is 11.5 Å². The van der Waals surface area contributed by atoms with Gasteiger partial charge >= 0.3 is 11.9 Å². The largest absolute Gasteiger partial charge is 0.548 e. The number of carboxylic acids is 1. The molecular weight excluding hydrogens is 590 g/mol. The van der Waals surface area contributed by atoms with Crippen molar-refractivity contribution >= 4 is 51.3 Å². The van der Waals surface area contributed by atoms with Crippen LogP contribution >= 0.6 is 11.8 Å². The second-order valence-electron chi connectivity index (χ2n) is 12.2. The minimum atomic E-state index is -3.99. The molecule has 0 spiro atoms. The smallest absolute Gasteiger partial charge is 0.367 e. The van der Waals surface area contributed by atoms with E-state index in [1.165, 1.54) is 13.8 Å². The maximum absolute atomic E-state index is 13.7. The predicted octanol–water partition coefficient (Wildman–Crippen LogP) is -2.54. The number of rotatable bonds is 8. The van der Waals surface area contributed by atoms with Gasteiger partial charge in [-0.25, -0.2) is 22.5 Å². The number of esters is 1. The quantitative estimate of drug-likeness (QED) is 0.155. The summed E-state index contributed by atoms with van der Waals surface area (Å²) in [6.07, 6.45) is -0.282. The summed E-state index contributed by atoms with van der Waals surface area (Å²) >= 11 is 1.08. The lowest BCUT2D eigenvalue weighted by molar-refractivity contribution is -0.902. The van der Waals surface area contributed by atoms with Crippen LogP contribution in [-0.2, 0) is 38.5 Å². The normalized spacial score (nSPS) is 35.7. The van der Waals surface area contributed by atoms with E-state index in [-0.39, 0.29) is 6.42 Å². The molecule has 4 aliphatic rings. The van der Waals surface area contributed by atoms with Gasteiger partial charge in [0.25, 0.3) is 5.91 Å². The average Bonchev–Trinajstić information content (AvgIpc) is 3.25. The number of quaternary nitrogens is 1. The van der Waals surface area contributed by atoms with Crippen molar-refractivity contribution in [1.29, 1.82) is 0 Å². The monoisotopic (exact) mass is 623 g/mol. The minimum Gasteiger partial charge on any atom is -0.548 e. The van der Waals surface area contributed by atoms with E-state index in [2.05, 4.69) is 5.32 Å². The summed E-state index contributed by atoms with van der Waals surface area (Å²) in [7, 11) is -3.99. The van der Waals surface area contributed by atoms with Crippen molar-refractivity contribution in [2.75, 3.05) is 13.3 Å². The van der Waals surface area contributed by atoms with E-state index in [0.717, 1.165) is 16.7 Å². The molecular formula is C26H33N5O9S2. The number of nitrogens with one attached hydrogen (secondary N) is 1. The fourth-order valence-electron chi connectivity index (χ4n) is 6.82. The van der Waals surface area contributed by atoms with Crippen LogP contribution in [0.1, 0.15) is 45.7 Å². The summed E-state index contributed by atoms with van der Waals surface area (Å²) < 4.78 is 28.6. The van der Waals surface area contributed by atoms with Gasteiger partial charge in [0.1, 0.15) is 35.9 Å². The molecule has 4 saturated heterocycles. The van der Waals surface area contributed by atoms with Crippen LogP contribution in [-0.4, -0.2) is 98.6 Å². The number of carboxylic acid groups (broad SMARTS) is 1. The molecule has 16 heteroatoms. The molecule has 3 amide bonds. The van der Waals surface area contributed by atoms with E-state index in [9.17, 15) is 37.5 Å². The Labute approximate surface area is 246 Å². The fourth-order valence-corrected chi connectivity index (χ4v) is 11.0. The lowest BCUT2D eigenvalue weighted by atomic mass is 9.84. The predicted molar refractivity (Wildman–Crippen MR) is 146 cm³/mol. The molecule has 0 radical (unpaired) electrons. The molecule has 0 bridgehead atoms. The van der Waals surface area contributed by atoms with Crippen molar-refractivity contribution in [2.45, 2.75) is 78.0 Å². The Bertz CT molecular complexity index is 1500. The number of hydrogen-bond donors (Lipinski definition) is 3. The first-order valence-electron chi connectivity index (χ1n) is 13.3. The summed E-state index contributed by atoms with van der Waals surface area (Å²) in [5.41, 5.74) is 10.6. The maximum Gasteiger partial charge on any atom is 0.367 e. The van der Waals surface area contributed by atoms with E-state index < -0.39 is 101 Å². The van der Waals surface area contributed by atoms with Gasteiger partial charge in [0.05, 0.1) is 12.0 Å². The molecule has 0 aromatic heterocycles. The number of fused-ring (bicyclic) bond motifs is 2. The summed E-state index contributed by atoms with van der Waals surface area (Å²) in [5.74, 6) is -4.72. The van der Waals surface area contributed by atoms with Gasteiger partial charge in [-0.3, -0.25) is 15.3 Å². The Morgan fingerprint density at radius 1 is 1.19 bits per heavy atom. The van der Waals surface area contributed by atoms with Crippen LogP contribution in [0.5, 0.6) is 0 Å². The Morgan fingerprint density at radius 2 is 1.81 bits per heavy atom. The highest BCUT2D eigenvalue weighted by atomic mass is 32.2. The molecule has 14 nitrogen and oxygen atoms in total. The molecule has 4 heterocycles. The topological polar surface area (TPSA) is 219 Å². The number of aliphatic carboxylic acids is 1. The van der Waals surface area contributed by atoms with Gasteiger partial charge in [0.15, 0.2) is 5.54 Å². The van der Waals surface area contributed by atoms with Crippen LogP contribution in [0.25, 0.3) is 0 Å². The molecule has 5 rings (SSSR count). The summed E-state index contributed by atoms with van der Waals surface area (Å²) in [6.45, 7) is 4.64. The standard InChI is InChI=1S/C26H33N5O9S2/c1-24(2)17(20(34)35)30-22(37)26(23(30)41-24,29-19(33)16(28)13-8-6-5-7-9-13)11-40-21(36)18-25(3,4)42(38,39)15-10-14(32)31(15,18)12-27/h5-9,15-18,23H,10-12,27-28H2,1-4H3,(H-,29,33,34,35)/t15-,16?,17+,18+,23-,26-,31?/m1/s1. The van der Waals surface area contributed by atoms with Crippen molar-refractivity contribution in [3.05, 3.63) is 35.9 Å². The molecule has 1 aromatic carbocycles. The fraction of sp³-hybridized carbons (Fsp3) is 0.577. The second kappa shape index (κ2) is 9.47. The van der Waals surface area contributed by atoms with E-state index in [0.29, 0.717) is 5.56 Å². The molecule has 5 N–H and O–H groups in total. The first-order chi connectivity index (χ1) is 19.4. The summed E-state index contributed by atoms with van der Waals surface area (Å²) in [4.78, 5) is 66.6. The number of hydrogen-bond acceptors (Lipinski definition) is 12. The number of carbonyl (C=O) groups excluding carboxylic acids is 5. The van der Waals surface area contributed by atoms with Gasteiger partial charge in [0.2, 0.25) is 27.2 Å². The highest BCUT2D eigenvalue weighted by molar-refractivity contribution is 8.01. The van der Waals surface area contributed by atoms with Gasteiger partial charge in [0, 0.05) is 4.75 Å². The molecule has 4 aliphatic heterocycles. The Hall–Kier alpha value is -3.05. The number of benzene rings is 1. The van der Waals surface area contributed by atoms with Crippen LogP contribution in [0.15, 0.2) is 30.3 Å². The Morgan fingerprint density at radius 3 is 2.36 bits per heavy atom. The number of carbonyl (C=O) groups is 5. The highest BCUT2D eigenvalue weighted by Crippen LogP contribution is 2.56. The van der Waals surface area contributed by atoms with Crippen LogP contribution in [0.3, 0.4) is 0 Å². The number of ether oxygens (including phenoxy) is 1. The zero-order valence-electron chi connectivity index (χ0n) is 23.4. The molecule has 0 saturated carbocycles. The van der Waals surface area contributed by atoms with Crippen LogP contribution in [0, 0.1) is 0 Å². The molecule has 42 heavy (non-hydrogen) atoms. The molecule has 2 unspecified atom stereocenters. The van der Waals surface area contributed by atoms with Crippen LogP contribution in [0.4, 0.5) is 0 Å². The zero-order valence-corrected chi connectivity index (χ0v) is 25.1. The van der Waals surface area contributed by atoms with Gasteiger partial charge in [-0.15, -0.1) is 11.8 Å². The van der Waals surface area contributed by atoms with Gasteiger partial charge in [-0.05, 0) is 33.3 Å². The third kappa shape index (κ3) is 3.74. The van der Waals surface area contributed by atoms with Crippen LogP contribution < -0.4 is 21.9 Å². The van der Waals surface area contributed by atoms with Crippen LogP contribution in [0.2, 0.25) is 0 Å². The molecule has 228 valence electrons. The minimum absolute atomic E-state index is 0.282. The van der Waals surface area contributed by atoms with Gasteiger partial charge < -0.3 is 30.6 Å². The average molecular weight is 624 g/mol. The second-order valence-corrected chi connectivity index (χ2v) is 16.6. The number of sulfone groups is 1. The molecule has 1 aromatic rings. The number of nitrogens with two attached hydrogens (primary N) is 2. The van der Waals surface area contributed by atoms with E-state index in [1.54, 1.807) is 44.2 Å². The van der Waals surface area contributed by atoms with E-state index in [4.69, 9.17) is 16.2 Å². The number of thioether (sulfide) groups is 1. The lowest BCUT2D eigenvalue weighted by Crippen LogP contribution is -2.82. The van der Waals surface area contributed by atoms with Crippen molar-refractivity contribution < 1.29 is 46.7 Å². The van der Waals surface area contributed by atoms with E-state index >= 15 is 0 Å². The third-order valence-electron chi connectivity index (χ3n) is 9.16. The molecule has 0 aliphatic carbocycles. The Kier molecular flexibility index (Phi) is 6.86. The first kappa shape index (κ1) is 30.4. The lowest BCUT2D eigenvalue weighted by Gasteiger charge is -2.53. The molecule has 7 atom stereocenters. The maximum atomic E-state index is 13.7. The first-order valence-corrected chi connectivity index (χ1v) is 15.7. The summed E-state index contributed by atoms with van der Waals surface area (Å²) in [6, 6.07) is 4.23. The van der Waals surface area contributed by atoms with E-state index in [1.807, 2.05) is 0 Å². The van der Waals surface area contributed by atoms with Gasteiger partial charge in [-0.1, -0.05) is 30.3 Å². The van der Waals surface area contributed by atoms with Crippen molar-refractivity contribution in [3.8, 4) is 0 Å². The van der Waals surface area contributed by atoms with Crippen molar-refractivity contribution in [1.82, 2.24) is 10.2 Å². The van der Waals surface area contributed by atoms with Crippen molar-refractivity contribution in [3.63, 3.8) is 0 Å².